The lowest BCUT2D eigenvalue weighted by Crippen LogP contribution is -2.19. The summed E-state index contributed by atoms with van der Waals surface area (Å²) in [6.07, 6.45) is 3.68. The second kappa shape index (κ2) is 7.18. The molecule has 0 aliphatic heterocycles. The normalized spacial score (nSPS) is 11.3. The maximum atomic E-state index is 4.67. The molecule has 2 heterocycles. The van der Waals surface area contributed by atoms with Gasteiger partial charge >= 0.3 is 0 Å². The Bertz CT molecular complexity index is 604. The fourth-order valence-electron chi connectivity index (χ4n) is 2.34. The topological polar surface area (TPSA) is 42.7 Å². The number of aryl methyl sites for hydroxylation is 1. The molecule has 2 rings (SSSR count). The number of aromatic nitrogens is 3. The first-order valence-corrected chi connectivity index (χ1v) is 8.09. The van der Waals surface area contributed by atoms with Crippen molar-refractivity contribution >= 4 is 15.9 Å². The smallest absolute Gasteiger partial charge is 0.0678 e. The van der Waals surface area contributed by atoms with Crippen molar-refractivity contribution in [2.45, 2.75) is 40.8 Å². The van der Waals surface area contributed by atoms with E-state index >= 15 is 0 Å². The first kappa shape index (κ1) is 16.2. The molecule has 0 aromatic carbocycles. The summed E-state index contributed by atoms with van der Waals surface area (Å²) in [7, 11) is 0. The van der Waals surface area contributed by atoms with Gasteiger partial charge in [-0.1, -0.05) is 13.8 Å². The molecule has 0 bridgehead atoms. The van der Waals surface area contributed by atoms with Crippen molar-refractivity contribution in [3.63, 3.8) is 0 Å². The van der Waals surface area contributed by atoms with E-state index in [2.05, 4.69) is 69.8 Å². The Labute approximate surface area is 135 Å². The average Bonchev–Trinajstić information content (AvgIpc) is 2.66. The van der Waals surface area contributed by atoms with Crippen LogP contribution in [-0.2, 0) is 13.1 Å². The molecule has 0 aliphatic carbocycles. The molecule has 0 spiro atoms. The zero-order valence-corrected chi connectivity index (χ0v) is 14.7. The van der Waals surface area contributed by atoms with Crippen LogP contribution in [0.15, 0.2) is 22.9 Å². The molecule has 2 aromatic heterocycles. The van der Waals surface area contributed by atoms with Gasteiger partial charge in [0.1, 0.15) is 0 Å². The molecule has 0 saturated carbocycles. The van der Waals surface area contributed by atoms with Gasteiger partial charge in [-0.3, -0.25) is 9.67 Å². The lowest BCUT2D eigenvalue weighted by atomic mass is 10.1. The van der Waals surface area contributed by atoms with Gasteiger partial charge in [0.15, 0.2) is 0 Å². The third-order valence-electron chi connectivity index (χ3n) is 3.48. The van der Waals surface area contributed by atoms with Crippen LogP contribution in [-0.4, -0.2) is 21.3 Å². The lowest BCUT2D eigenvalue weighted by Gasteiger charge is -2.08. The van der Waals surface area contributed by atoms with E-state index < -0.39 is 0 Å². The number of pyridine rings is 1. The van der Waals surface area contributed by atoms with E-state index in [4.69, 9.17) is 0 Å². The van der Waals surface area contributed by atoms with E-state index in [-0.39, 0.29) is 0 Å². The van der Waals surface area contributed by atoms with Gasteiger partial charge < -0.3 is 5.32 Å². The molecular formula is C16H23BrN4. The zero-order chi connectivity index (χ0) is 15.4. The van der Waals surface area contributed by atoms with Gasteiger partial charge in [0.05, 0.1) is 12.2 Å². The summed E-state index contributed by atoms with van der Waals surface area (Å²) < 4.78 is 3.06. The fourth-order valence-corrected chi connectivity index (χ4v) is 2.76. The predicted octanol–water partition coefficient (Wildman–Crippen LogP) is 3.45. The van der Waals surface area contributed by atoms with E-state index in [1.807, 2.05) is 6.20 Å². The number of hydrogen-bond acceptors (Lipinski definition) is 3. The van der Waals surface area contributed by atoms with Crippen molar-refractivity contribution < 1.29 is 0 Å². The van der Waals surface area contributed by atoms with E-state index in [0.717, 1.165) is 35.4 Å². The van der Waals surface area contributed by atoms with Gasteiger partial charge in [0, 0.05) is 34.7 Å². The maximum absolute atomic E-state index is 4.67. The minimum Gasteiger partial charge on any atom is -0.312 e. The van der Waals surface area contributed by atoms with Gasteiger partial charge in [0.25, 0.3) is 0 Å². The van der Waals surface area contributed by atoms with Gasteiger partial charge in [0.2, 0.25) is 0 Å². The molecule has 5 heteroatoms. The van der Waals surface area contributed by atoms with Gasteiger partial charge in [-0.2, -0.15) is 5.10 Å². The van der Waals surface area contributed by atoms with Crippen molar-refractivity contribution in [2.75, 3.05) is 6.54 Å². The van der Waals surface area contributed by atoms with E-state index in [9.17, 15) is 0 Å². The molecule has 0 atom stereocenters. The minimum atomic E-state index is 0.661. The van der Waals surface area contributed by atoms with Gasteiger partial charge in [-0.15, -0.1) is 0 Å². The number of halogens is 1. The molecule has 0 amide bonds. The molecule has 0 unspecified atom stereocenters. The van der Waals surface area contributed by atoms with Crippen molar-refractivity contribution in [1.29, 1.82) is 0 Å². The highest BCUT2D eigenvalue weighted by Gasteiger charge is 2.11. The molecule has 114 valence electrons. The Morgan fingerprint density at radius 2 is 2.05 bits per heavy atom. The molecule has 2 aromatic rings. The largest absolute Gasteiger partial charge is 0.312 e. The molecule has 0 radical (unpaired) electrons. The van der Waals surface area contributed by atoms with Gasteiger partial charge in [-0.05, 0) is 53.9 Å². The lowest BCUT2D eigenvalue weighted by molar-refractivity contribution is 0.550. The highest BCUT2D eigenvalue weighted by Crippen LogP contribution is 2.16. The summed E-state index contributed by atoms with van der Waals surface area (Å²) >= 11 is 3.46. The van der Waals surface area contributed by atoms with Crippen LogP contribution in [0.1, 0.15) is 36.4 Å². The second-order valence-corrected chi connectivity index (χ2v) is 6.76. The molecule has 1 N–H and O–H groups in total. The van der Waals surface area contributed by atoms with Crippen LogP contribution in [0.2, 0.25) is 0 Å². The quantitative estimate of drug-likeness (QED) is 0.867. The van der Waals surface area contributed by atoms with Crippen molar-refractivity contribution in [1.82, 2.24) is 20.1 Å². The summed E-state index contributed by atoms with van der Waals surface area (Å²) in [5, 5.41) is 8.16. The van der Waals surface area contributed by atoms with Crippen LogP contribution in [0, 0.1) is 19.8 Å². The Hall–Kier alpha value is -1.20. The summed E-state index contributed by atoms with van der Waals surface area (Å²) in [5.41, 5.74) is 4.78. The Kier molecular flexibility index (Phi) is 5.53. The summed E-state index contributed by atoms with van der Waals surface area (Å²) in [4.78, 5) is 4.21. The minimum absolute atomic E-state index is 0.661. The van der Waals surface area contributed by atoms with Crippen LogP contribution in [0.3, 0.4) is 0 Å². The van der Waals surface area contributed by atoms with Crippen LogP contribution in [0.4, 0.5) is 0 Å². The number of nitrogens with zero attached hydrogens (tertiary/aromatic N) is 3. The average molecular weight is 351 g/mol. The number of nitrogens with one attached hydrogen (secondary N) is 1. The molecule has 0 saturated heterocycles. The van der Waals surface area contributed by atoms with Crippen molar-refractivity contribution in [3.8, 4) is 0 Å². The third kappa shape index (κ3) is 4.38. The Balaban J connectivity index is 2.11. The summed E-state index contributed by atoms with van der Waals surface area (Å²) in [6, 6.07) is 2.08. The monoisotopic (exact) mass is 350 g/mol. The van der Waals surface area contributed by atoms with E-state index in [1.54, 1.807) is 6.20 Å². The maximum Gasteiger partial charge on any atom is 0.0678 e. The van der Waals surface area contributed by atoms with Crippen LogP contribution < -0.4 is 5.32 Å². The van der Waals surface area contributed by atoms with Crippen LogP contribution >= 0.6 is 15.9 Å². The zero-order valence-electron chi connectivity index (χ0n) is 13.2. The highest BCUT2D eigenvalue weighted by molar-refractivity contribution is 9.10. The second-order valence-electron chi connectivity index (χ2n) is 5.84. The van der Waals surface area contributed by atoms with Crippen molar-refractivity contribution in [2.24, 2.45) is 5.92 Å². The molecule has 0 fully saturated rings. The van der Waals surface area contributed by atoms with E-state index in [1.165, 1.54) is 11.3 Å². The standard InChI is InChI=1S/C16H23BrN4/c1-11(2)6-18-9-16-12(3)20-21(13(16)4)10-14-5-15(17)8-19-7-14/h5,7-8,11,18H,6,9-10H2,1-4H3. The molecule has 0 aliphatic rings. The first-order chi connectivity index (χ1) is 9.97. The Morgan fingerprint density at radius 1 is 1.29 bits per heavy atom. The fraction of sp³-hybridized carbons (Fsp3) is 0.500. The summed E-state index contributed by atoms with van der Waals surface area (Å²) in [5.74, 6) is 0.661. The van der Waals surface area contributed by atoms with Gasteiger partial charge in [-0.25, -0.2) is 0 Å². The first-order valence-electron chi connectivity index (χ1n) is 7.30. The predicted molar refractivity (Wildman–Crippen MR) is 89.3 cm³/mol. The van der Waals surface area contributed by atoms with Crippen molar-refractivity contribution in [3.05, 3.63) is 45.4 Å². The third-order valence-corrected chi connectivity index (χ3v) is 3.91. The number of hydrogen-bond donors (Lipinski definition) is 1. The highest BCUT2D eigenvalue weighted by atomic mass is 79.9. The molecule has 21 heavy (non-hydrogen) atoms. The van der Waals surface area contributed by atoms with Crippen LogP contribution in [0.25, 0.3) is 0 Å². The SMILES string of the molecule is Cc1nn(Cc2cncc(Br)c2)c(C)c1CNCC(C)C. The molecular weight excluding hydrogens is 328 g/mol. The van der Waals surface area contributed by atoms with Crippen LogP contribution in [0.5, 0.6) is 0 Å². The number of rotatable bonds is 6. The van der Waals surface area contributed by atoms with E-state index in [0.29, 0.717) is 5.92 Å². The molecule has 4 nitrogen and oxygen atoms in total. The Morgan fingerprint density at radius 3 is 2.71 bits per heavy atom. The summed E-state index contributed by atoms with van der Waals surface area (Å²) in [6.45, 7) is 11.3.